The van der Waals surface area contributed by atoms with Gasteiger partial charge in [-0.2, -0.15) is 0 Å². The fraction of sp³-hybridized carbons (Fsp3) is 0.500. The lowest BCUT2D eigenvalue weighted by Gasteiger charge is -2.12. The molecule has 1 aromatic heterocycles. The van der Waals surface area contributed by atoms with Crippen molar-refractivity contribution in [3.8, 4) is 0 Å². The van der Waals surface area contributed by atoms with E-state index in [2.05, 4.69) is 21.3 Å². The molecular weight excluding hydrogens is 130 g/mol. The Bertz CT molecular complexity index is 191. The lowest BCUT2D eigenvalue weighted by Crippen LogP contribution is -2.29. The van der Waals surface area contributed by atoms with Crippen molar-refractivity contribution < 1.29 is 4.52 Å². The van der Waals surface area contributed by atoms with Gasteiger partial charge < -0.3 is 9.53 Å². The summed E-state index contributed by atoms with van der Waals surface area (Å²) < 4.78 is 4.64. The summed E-state index contributed by atoms with van der Waals surface area (Å²) in [4.78, 5) is 0. The topological polar surface area (TPSA) is 41.3 Å². The van der Waals surface area contributed by atoms with Crippen LogP contribution in [0.5, 0.6) is 0 Å². The summed E-state index contributed by atoms with van der Waals surface area (Å²) in [5.41, 5.74) is 4.05. The lowest BCUT2D eigenvalue weighted by atomic mass is 10.4. The second-order valence-corrected chi connectivity index (χ2v) is 2.22. The number of rotatable bonds is 1. The molecule has 2 rings (SSSR count). The van der Waals surface area contributed by atoms with E-state index in [0.717, 1.165) is 18.8 Å². The summed E-state index contributed by atoms with van der Waals surface area (Å²) in [6, 6.07) is 0. The molecule has 0 bridgehead atoms. The molecule has 1 aliphatic rings. The van der Waals surface area contributed by atoms with Crippen LogP contribution in [0.4, 0.5) is 5.69 Å². The van der Waals surface area contributed by atoms with Crippen molar-refractivity contribution in [3.05, 3.63) is 12.5 Å². The minimum absolute atomic E-state index is 0.887. The fourth-order valence-corrected chi connectivity index (χ4v) is 1.04. The molecule has 1 aliphatic heterocycles. The third-order valence-electron chi connectivity index (χ3n) is 1.53. The molecule has 0 aromatic carbocycles. The second kappa shape index (κ2) is 2.30. The van der Waals surface area contributed by atoms with Crippen LogP contribution in [0, 0.1) is 6.20 Å². The van der Waals surface area contributed by atoms with Crippen molar-refractivity contribution in [3.63, 3.8) is 0 Å². The highest BCUT2D eigenvalue weighted by molar-refractivity contribution is 5.38. The van der Waals surface area contributed by atoms with Gasteiger partial charge in [-0.1, -0.05) is 5.16 Å². The van der Waals surface area contributed by atoms with Gasteiger partial charge in [0.1, 0.15) is 12.0 Å². The first-order valence-corrected chi connectivity index (χ1v) is 3.30. The molecular formula is C6H8N3O. The lowest BCUT2D eigenvalue weighted by molar-refractivity contribution is 0.418. The molecule has 0 unspecified atom stereocenters. The zero-order chi connectivity index (χ0) is 6.81. The molecule has 1 N–H and O–H groups in total. The molecule has 2 heterocycles. The molecule has 1 fully saturated rings. The van der Waals surface area contributed by atoms with E-state index in [1.165, 1.54) is 6.42 Å². The quantitative estimate of drug-likeness (QED) is 0.601. The average Bonchev–Trinajstić information content (AvgIpc) is 2.59. The van der Waals surface area contributed by atoms with Crippen molar-refractivity contribution in [1.29, 1.82) is 0 Å². The van der Waals surface area contributed by atoms with Crippen molar-refractivity contribution in [1.82, 2.24) is 10.6 Å². The predicted molar refractivity (Wildman–Crippen MR) is 35.3 cm³/mol. The first-order chi connectivity index (χ1) is 4.97. The van der Waals surface area contributed by atoms with Gasteiger partial charge in [-0.3, -0.25) is 0 Å². The van der Waals surface area contributed by atoms with Gasteiger partial charge in [-0.25, -0.2) is 5.43 Å². The van der Waals surface area contributed by atoms with Gasteiger partial charge in [-0.05, 0) is 6.42 Å². The van der Waals surface area contributed by atoms with Crippen LogP contribution in [0.1, 0.15) is 6.42 Å². The fourth-order valence-electron chi connectivity index (χ4n) is 1.04. The van der Waals surface area contributed by atoms with Crippen LogP contribution in [-0.4, -0.2) is 18.2 Å². The highest BCUT2D eigenvalue weighted by Gasteiger charge is 2.12. The van der Waals surface area contributed by atoms with E-state index in [9.17, 15) is 0 Å². The molecule has 53 valence electrons. The standard InChI is InChI=1S/C6H8N3O/c1-2-7-9(3-1)6-4-8-10-5-6/h5,7H,1-3H2. The number of hydrogen-bond donors (Lipinski definition) is 1. The molecule has 4 nitrogen and oxygen atoms in total. The Kier molecular flexibility index (Phi) is 1.32. The highest BCUT2D eigenvalue weighted by atomic mass is 16.5. The van der Waals surface area contributed by atoms with Crippen LogP contribution in [0.25, 0.3) is 0 Å². The van der Waals surface area contributed by atoms with Gasteiger partial charge in [0.05, 0.1) is 0 Å². The van der Waals surface area contributed by atoms with E-state index in [1.807, 2.05) is 5.01 Å². The molecule has 1 aromatic rings. The number of nitrogens with zero attached hydrogens (tertiary/aromatic N) is 2. The summed E-state index contributed by atoms with van der Waals surface area (Å²) in [7, 11) is 0. The molecule has 0 aliphatic carbocycles. The summed E-state index contributed by atoms with van der Waals surface area (Å²) in [6.07, 6.45) is 5.47. The number of anilines is 1. The highest BCUT2D eigenvalue weighted by Crippen LogP contribution is 2.11. The van der Waals surface area contributed by atoms with Gasteiger partial charge in [0.25, 0.3) is 0 Å². The molecule has 0 atom stereocenters. The third-order valence-corrected chi connectivity index (χ3v) is 1.53. The van der Waals surface area contributed by atoms with E-state index in [-0.39, 0.29) is 0 Å². The number of aromatic nitrogens is 1. The van der Waals surface area contributed by atoms with Crippen molar-refractivity contribution in [2.75, 3.05) is 18.1 Å². The molecule has 1 saturated heterocycles. The Balaban J connectivity index is 2.12. The number of nitrogens with one attached hydrogen (secondary N) is 1. The Labute approximate surface area is 58.8 Å². The maximum absolute atomic E-state index is 4.64. The monoisotopic (exact) mass is 138 g/mol. The Morgan fingerprint density at radius 1 is 1.80 bits per heavy atom. The Morgan fingerprint density at radius 2 is 2.80 bits per heavy atom. The molecule has 10 heavy (non-hydrogen) atoms. The zero-order valence-electron chi connectivity index (χ0n) is 5.50. The zero-order valence-corrected chi connectivity index (χ0v) is 5.50. The van der Waals surface area contributed by atoms with Gasteiger partial charge in [0.15, 0.2) is 6.20 Å². The first kappa shape index (κ1) is 5.73. The maximum atomic E-state index is 4.64. The van der Waals surface area contributed by atoms with Crippen LogP contribution >= 0.6 is 0 Å². The SMILES string of the molecule is [c]1nocc1N1CCCN1. The van der Waals surface area contributed by atoms with E-state index in [1.54, 1.807) is 6.26 Å². The third kappa shape index (κ3) is 0.863. The van der Waals surface area contributed by atoms with Gasteiger partial charge in [0, 0.05) is 13.1 Å². The number of hydrogen-bond acceptors (Lipinski definition) is 4. The van der Waals surface area contributed by atoms with Crippen LogP contribution in [-0.2, 0) is 0 Å². The predicted octanol–water partition coefficient (Wildman–Crippen LogP) is 0.189. The van der Waals surface area contributed by atoms with Crippen molar-refractivity contribution in [2.24, 2.45) is 0 Å². The van der Waals surface area contributed by atoms with Gasteiger partial charge in [-0.15, -0.1) is 0 Å². The van der Waals surface area contributed by atoms with E-state index in [0.29, 0.717) is 0 Å². The molecule has 1 radical (unpaired) electrons. The number of hydrazine groups is 1. The van der Waals surface area contributed by atoms with Crippen LogP contribution in [0.3, 0.4) is 0 Å². The molecule has 0 amide bonds. The summed E-state index contributed by atoms with van der Waals surface area (Å²) in [6.45, 7) is 2.04. The minimum Gasteiger partial charge on any atom is -0.362 e. The Hall–Kier alpha value is -1.03. The van der Waals surface area contributed by atoms with Crippen LogP contribution in [0.15, 0.2) is 10.8 Å². The van der Waals surface area contributed by atoms with Crippen molar-refractivity contribution in [2.45, 2.75) is 6.42 Å². The summed E-state index contributed by atoms with van der Waals surface area (Å²) >= 11 is 0. The summed E-state index contributed by atoms with van der Waals surface area (Å²) in [5.74, 6) is 0. The minimum atomic E-state index is 0.887. The van der Waals surface area contributed by atoms with Crippen molar-refractivity contribution >= 4 is 5.69 Å². The second-order valence-electron chi connectivity index (χ2n) is 2.22. The van der Waals surface area contributed by atoms with Crippen LogP contribution in [0.2, 0.25) is 0 Å². The molecule has 0 saturated carbocycles. The largest absolute Gasteiger partial charge is 0.362 e. The van der Waals surface area contributed by atoms with Gasteiger partial charge >= 0.3 is 0 Å². The van der Waals surface area contributed by atoms with E-state index in [4.69, 9.17) is 0 Å². The van der Waals surface area contributed by atoms with E-state index < -0.39 is 0 Å². The first-order valence-electron chi connectivity index (χ1n) is 3.30. The average molecular weight is 138 g/mol. The normalized spacial score (nSPS) is 18.2. The van der Waals surface area contributed by atoms with Gasteiger partial charge in [0.2, 0.25) is 0 Å². The summed E-state index contributed by atoms with van der Waals surface area (Å²) in [5, 5.41) is 5.47. The van der Waals surface area contributed by atoms with Crippen LogP contribution < -0.4 is 10.4 Å². The molecule has 0 spiro atoms. The van der Waals surface area contributed by atoms with E-state index >= 15 is 0 Å². The Morgan fingerprint density at radius 3 is 3.40 bits per heavy atom. The molecule has 4 heteroatoms. The smallest absolute Gasteiger partial charge is 0.162 e. The maximum Gasteiger partial charge on any atom is 0.162 e.